The van der Waals surface area contributed by atoms with Crippen molar-refractivity contribution in [1.82, 2.24) is 16.0 Å². The second-order valence-corrected chi connectivity index (χ2v) is 10.00. The summed E-state index contributed by atoms with van der Waals surface area (Å²) in [7, 11) is 1.56. The molecule has 0 saturated heterocycles. The lowest BCUT2D eigenvalue weighted by Gasteiger charge is -2.22. The van der Waals surface area contributed by atoms with Crippen molar-refractivity contribution < 1.29 is 38.6 Å². The van der Waals surface area contributed by atoms with Crippen LogP contribution in [0.5, 0.6) is 5.75 Å². The molecule has 13 nitrogen and oxygen atoms in total. The van der Waals surface area contributed by atoms with Crippen LogP contribution < -0.4 is 31.7 Å². The van der Waals surface area contributed by atoms with E-state index >= 15 is 0 Å². The topological polar surface area (TPSA) is 198 Å². The molecule has 0 aromatic heterocycles. The number of methoxy groups -OCH3 is 1. The number of rotatable bonds is 14. The molecule has 7 N–H and O–H groups in total. The fourth-order valence-corrected chi connectivity index (χ4v) is 4.22. The number of nitrogens with one attached hydrogen (secondary N) is 4. The Morgan fingerprint density at radius 2 is 1.49 bits per heavy atom. The van der Waals surface area contributed by atoms with Gasteiger partial charge in [-0.1, -0.05) is 54.6 Å². The van der Waals surface area contributed by atoms with Crippen molar-refractivity contribution in [2.75, 3.05) is 19.0 Å². The van der Waals surface area contributed by atoms with Crippen LogP contribution in [0.3, 0.4) is 0 Å². The first kappa shape index (κ1) is 36.0. The molecule has 0 aliphatic carbocycles. The van der Waals surface area contributed by atoms with Crippen molar-refractivity contribution in [3.8, 4) is 5.75 Å². The highest BCUT2D eigenvalue weighted by Crippen LogP contribution is 2.29. The van der Waals surface area contributed by atoms with E-state index in [4.69, 9.17) is 25.1 Å². The van der Waals surface area contributed by atoms with Crippen molar-refractivity contribution in [2.24, 2.45) is 5.73 Å². The second-order valence-electron chi connectivity index (χ2n) is 10.00. The van der Waals surface area contributed by atoms with Crippen LogP contribution in [0.1, 0.15) is 38.7 Å². The zero-order valence-electron chi connectivity index (χ0n) is 25.6. The van der Waals surface area contributed by atoms with Crippen molar-refractivity contribution in [3.05, 3.63) is 72.3 Å². The number of carbonyl (C=O) groups excluding carboxylic acids is 4. The van der Waals surface area contributed by atoms with Gasteiger partial charge in [-0.2, -0.15) is 0 Å². The number of unbranched alkanes of at least 4 members (excludes halogenated alkanes) is 1. The van der Waals surface area contributed by atoms with Gasteiger partial charge in [0, 0.05) is 17.1 Å². The fourth-order valence-electron chi connectivity index (χ4n) is 4.22. The standard InChI is InChI=1S/C31H39N5O6.CH2O2/c1-20(33-28(37)21(2)34-31(40)42-19-22-11-5-4-6-12-22)29(38)36-26(15-9-10-16-32)30(39)35-24-17-23-13-7-8-14-25(23)27(18-24)41-3;2-1-3/h4-8,11-14,17-18,20-21,26H,9-10,15-16,19,32H2,1-3H3,(H,33,37)(H,34,40)(H,35,39)(H,36,38);1H,(H,2,3)/t20-,21-,26-;/m0./s1. The third-order valence-electron chi connectivity index (χ3n) is 6.58. The average molecular weight is 624 g/mol. The van der Waals surface area contributed by atoms with E-state index < -0.39 is 41.9 Å². The average Bonchev–Trinajstić information content (AvgIpc) is 3.03. The summed E-state index contributed by atoms with van der Waals surface area (Å²) in [5.74, 6) is -0.935. The van der Waals surface area contributed by atoms with Crippen LogP contribution in [0, 0.1) is 0 Å². The van der Waals surface area contributed by atoms with Gasteiger partial charge in [0.05, 0.1) is 7.11 Å². The lowest BCUT2D eigenvalue weighted by molar-refractivity contribution is -0.131. The molecule has 0 aliphatic heterocycles. The maximum atomic E-state index is 13.3. The Morgan fingerprint density at radius 1 is 0.867 bits per heavy atom. The van der Waals surface area contributed by atoms with Crippen molar-refractivity contribution in [1.29, 1.82) is 0 Å². The Labute approximate surface area is 261 Å². The molecule has 0 aliphatic rings. The molecule has 3 atom stereocenters. The summed E-state index contributed by atoms with van der Waals surface area (Å²) >= 11 is 0. The molecule has 4 amide bonds. The quantitative estimate of drug-likeness (QED) is 0.115. The molecule has 242 valence electrons. The first-order valence-electron chi connectivity index (χ1n) is 14.4. The van der Waals surface area contributed by atoms with Gasteiger partial charge in [-0.3, -0.25) is 19.2 Å². The van der Waals surface area contributed by atoms with Crippen molar-refractivity contribution in [3.63, 3.8) is 0 Å². The van der Waals surface area contributed by atoms with E-state index in [9.17, 15) is 19.2 Å². The molecule has 0 spiro atoms. The van der Waals surface area contributed by atoms with Crippen LogP contribution in [0.2, 0.25) is 0 Å². The molecule has 0 heterocycles. The van der Waals surface area contributed by atoms with Gasteiger partial charge in [0.1, 0.15) is 30.5 Å². The normalized spacial score (nSPS) is 12.3. The number of hydrogen-bond acceptors (Lipinski definition) is 8. The molecule has 3 aromatic rings. The Morgan fingerprint density at radius 3 is 2.16 bits per heavy atom. The molecule has 0 saturated carbocycles. The molecule has 45 heavy (non-hydrogen) atoms. The van der Waals surface area contributed by atoms with Gasteiger partial charge < -0.3 is 41.6 Å². The predicted molar refractivity (Wildman–Crippen MR) is 169 cm³/mol. The Bertz CT molecular complexity index is 1420. The van der Waals surface area contributed by atoms with Crippen LogP contribution in [-0.4, -0.2) is 67.2 Å². The number of hydrogen-bond donors (Lipinski definition) is 6. The lowest BCUT2D eigenvalue weighted by Crippen LogP contribution is -2.54. The highest BCUT2D eigenvalue weighted by atomic mass is 16.5. The van der Waals surface area contributed by atoms with Gasteiger partial charge in [0.15, 0.2) is 0 Å². The third-order valence-corrected chi connectivity index (χ3v) is 6.58. The predicted octanol–water partition coefficient (Wildman–Crippen LogP) is 2.92. The maximum Gasteiger partial charge on any atom is 0.408 e. The number of amides is 4. The van der Waals surface area contributed by atoms with Gasteiger partial charge in [-0.05, 0) is 56.7 Å². The SMILES string of the molecule is COc1cc(NC(=O)[C@H](CCCCN)NC(=O)[C@H](C)NC(=O)[C@H](C)NC(=O)OCc2ccccc2)cc2ccccc12.O=CO. The summed E-state index contributed by atoms with van der Waals surface area (Å²) in [6.07, 6.45) is 0.883. The van der Waals surface area contributed by atoms with Gasteiger partial charge in [-0.15, -0.1) is 0 Å². The van der Waals surface area contributed by atoms with E-state index in [2.05, 4.69) is 21.3 Å². The van der Waals surface area contributed by atoms with E-state index in [0.29, 0.717) is 37.2 Å². The second kappa shape index (κ2) is 19.2. The van der Waals surface area contributed by atoms with E-state index in [1.54, 1.807) is 13.2 Å². The minimum Gasteiger partial charge on any atom is -0.496 e. The van der Waals surface area contributed by atoms with Crippen molar-refractivity contribution >= 4 is 46.7 Å². The molecule has 0 radical (unpaired) electrons. The van der Waals surface area contributed by atoms with E-state index in [0.717, 1.165) is 16.3 Å². The number of ether oxygens (including phenoxy) is 2. The molecule has 3 aromatic carbocycles. The minimum absolute atomic E-state index is 0.0550. The zero-order chi connectivity index (χ0) is 33.2. The molecule has 13 heteroatoms. The summed E-state index contributed by atoms with van der Waals surface area (Å²) in [4.78, 5) is 59.4. The zero-order valence-corrected chi connectivity index (χ0v) is 25.6. The van der Waals surface area contributed by atoms with Crippen LogP contribution in [0.4, 0.5) is 10.5 Å². The molecular formula is C32H41N5O8. The van der Waals surface area contributed by atoms with E-state index in [1.165, 1.54) is 13.8 Å². The number of alkyl carbamates (subject to hydrolysis) is 1. The van der Waals surface area contributed by atoms with Crippen molar-refractivity contribution in [2.45, 2.75) is 57.8 Å². The number of carboxylic acid groups (broad SMARTS) is 1. The van der Waals surface area contributed by atoms with E-state index in [-0.39, 0.29) is 13.1 Å². The minimum atomic E-state index is -0.979. The number of benzene rings is 3. The molecule has 0 fully saturated rings. The number of anilines is 1. The third kappa shape index (κ3) is 12.2. The van der Waals surface area contributed by atoms with E-state index in [1.807, 2.05) is 60.7 Å². The maximum absolute atomic E-state index is 13.3. The van der Waals surface area contributed by atoms with Crippen LogP contribution >= 0.6 is 0 Å². The Hall–Kier alpha value is -5.17. The first-order chi connectivity index (χ1) is 21.6. The number of carbonyl (C=O) groups is 5. The summed E-state index contributed by atoms with van der Waals surface area (Å²) in [5.41, 5.74) is 6.95. The van der Waals surface area contributed by atoms with Gasteiger partial charge >= 0.3 is 6.09 Å². The van der Waals surface area contributed by atoms with Crippen LogP contribution in [0.15, 0.2) is 66.7 Å². The summed E-state index contributed by atoms with van der Waals surface area (Å²) in [6, 6.07) is 17.5. The lowest BCUT2D eigenvalue weighted by atomic mass is 10.1. The Balaban J connectivity index is 0.00000226. The molecule has 0 bridgehead atoms. The Kier molecular flexibility index (Phi) is 15.4. The highest BCUT2D eigenvalue weighted by molar-refractivity contribution is 6.01. The first-order valence-corrected chi connectivity index (χ1v) is 14.4. The van der Waals surface area contributed by atoms with Gasteiger partial charge in [-0.25, -0.2) is 4.79 Å². The number of nitrogens with two attached hydrogens (primary N) is 1. The largest absolute Gasteiger partial charge is 0.496 e. The molecule has 0 unspecified atom stereocenters. The fraction of sp³-hybridized carbons (Fsp3) is 0.344. The summed E-state index contributed by atoms with van der Waals surface area (Å²) in [5, 5.41) is 19.3. The van der Waals surface area contributed by atoms with Crippen LogP contribution in [0.25, 0.3) is 10.8 Å². The van der Waals surface area contributed by atoms with Crippen LogP contribution in [-0.2, 0) is 30.5 Å². The highest BCUT2D eigenvalue weighted by Gasteiger charge is 2.26. The molecule has 3 rings (SSSR count). The monoisotopic (exact) mass is 623 g/mol. The summed E-state index contributed by atoms with van der Waals surface area (Å²) in [6.45, 7) is 3.23. The number of fused-ring (bicyclic) bond motifs is 1. The van der Waals surface area contributed by atoms with Gasteiger partial charge in [0.25, 0.3) is 6.47 Å². The summed E-state index contributed by atoms with van der Waals surface area (Å²) < 4.78 is 10.6. The smallest absolute Gasteiger partial charge is 0.408 e. The molecular weight excluding hydrogens is 582 g/mol. The van der Waals surface area contributed by atoms with Gasteiger partial charge in [0.2, 0.25) is 17.7 Å².